The van der Waals surface area contributed by atoms with Crippen LogP contribution in [0.4, 0.5) is 0 Å². The Balaban J connectivity index is 1.54. The van der Waals surface area contributed by atoms with E-state index < -0.39 is 5.60 Å². The van der Waals surface area contributed by atoms with Crippen LogP contribution in [0.5, 0.6) is 11.5 Å². The van der Waals surface area contributed by atoms with Gasteiger partial charge in [-0.05, 0) is 79.3 Å². The molecule has 1 unspecified atom stereocenters. The number of methoxy groups -OCH3 is 2. The van der Waals surface area contributed by atoms with Crippen molar-refractivity contribution in [2.75, 3.05) is 20.8 Å². The number of aliphatic hydroxyl groups is 1. The Kier molecular flexibility index (Phi) is 7.26. The zero-order valence-corrected chi connectivity index (χ0v) is 25.7. The number of carbonyl (C=O) groups is 1. The van der Waals surface area contributed by atoms with Crippen LogP contribution in [0, 0.1) is 0 Å². The van der Waals surface area contributed by atoms with Crippen molar-refractivity contribution in [2.24, 2.45) is 0 Å². The van der Waals surface area contributed by atoms with E-state index in [1.807, 2.05) is 30.3 Å². The highest BCUT2D eigenvalue weighted by atomic mass is 16.5. The van der Waals surface area contributed by atoms with Gasteiger partial charge < -0.3 is 19.9 Å². The van der Waals surface area contributed by atoms with E-state index in [0.717, 1.165) is 34.4 Å². The maximum atomic E-state index is 13.3. The summed E-state index contributed by atoms with van der Waals surface area (Å²) in [6.45, 7) is 2.69. The normalized spacial score (nSPS) is 13.0. The molecule has 7 rings (SSSR count). The Morgan fingerprint density at radius 3 is 2.07 bits per heavy atom. The summed E-state index contributed by atoms with van der Waals surface area (Å²) in [5.41, 5.74) is 0.609. The second-order valence-corrected chi connectivity index (χ2v) is 11.6. The van der Waals surface area contributed by atoms with E-state index in [-0.39, 0.29) is 5.91 Å². The van der Waals surface area contributed by atoms with Gasteiger partial charge >= 0.3 is 0 Å². The molecule has 0 heterocycles. The minimum Gasteiger partial charge on any atom is -0.497 e. The lowest BCUT2D eigenvalue weighted by Crippen LogP contribution is -2.31. The molecule has 1 atom stereocenters. The van der Waals surface area contributed by atoms with E-state index in [1.54, 1.807) is 32.4 Å². The van der Waals surface area contributed by atoms with Gasteiger partial charge in [-0.2, -0.15) is 0 Å². The monoisotopic (exact) mass is 593 g/mol. The quantitative estimate of drug-likeness (QED) is 0.0762. The summed E-state index contributed by atoms with van der Waals surface area (Å²) in [7, 11) is 3.19. The number of hydrogen-bond donors (Lipinski definition) is 2. The number of hydrogen-bond acceptors (Lipinski definition) is 4. The van der Waals surface area contributed by atoms with E-state index in [0.29, 0.717) is 40.3 Å². The maximum Gasteiger partial charge on any atom is 0.251 e. The first-order chi connectivity index (χ1) is 22.0. The fourth-order valence-electron chi connectivity index (χ4n) is 6.88. The number of fused-ring (bicyclic) bond motifs is 2. The van der Waals surface area contributed by atoms with Crippen LogP contribution in [0.15, 0.2) is 109 Å². The minimum atomic E-state index is -1.68. The Hall–Kier alpha value is -5.13. The Morgan fingerprint density at radius 2 is 1.36 bits per heavy atom. The first kappa shape index (κ1) is 28.6. The van der Waals surface area contributed by atoms with Crippen LogP contribution in [0.25, 0.3) is 43.1 Å². The topological polar surface area (TPSA) is 67.8 Å². The van der Waals surface area contributed by atoms with E-state index >= 15 is 0 Å². The molecule has 5 nitrogen and oxygen atoms in total. The van der Waals surface area contributed by atoms with Gasteiger partial charge in [0.25, 0.3) is 5.91 Å². The zero-order chi connectivity index (χ0) is 31.1. The second-order valence-electron chi connectivity index (χ2n) is 11.6. The summed E-state index contributed by atoms with van der Waals surface area (Å²) in [6, 6.07) is 36.0. The number of amides is 1. The second kappa shape index (κ2) is 11.4. The first-order valence-electron chi connectivity index (χ1n) is 15.4. The summed E-state index contributed by atoms with van der Waals surface area (Å²) in [5, 5.41) is 25.4. The number of benzene rings is 7. The zero-order valence-electron chi connectivity index (χ0n) is 25.7. The largest absolute Gasteiger partial charge is 0.497 e. The third-order valence-electron chi connectivity index (χ3n) is 9.07. The molecule has 7 aromatic rings. The molecule has 45 heavy (non-hydrogen) atoms. The average molecular weight is 594 g/mol. The molecule has 0 spiro atoms. The molecule has 0 aliphatic rings. The molecule has 0 aromatic heterocycles. The van der Waals surface area contributed by atoms with Crippen LogP contribution in [0.2, 0.25) is 0 Å². The van der Waals surface area contributed by atoms with Crippen LogP contribution >= 0.6 is 0 Å². The number of unbranched alkanes of at least 4 members (excludes halogenated alkanes) is 1. The van der Waals surface area contributed by atoms with Crippen LogP contribution in [-0.2, 0) is 5.60 Å². The SMILES string of the molecule is CCCCNC(=O)c1cccc(C(O)(c2ccc(OC)cc2OC)c2ccc3c4cccc5cccc(c6cccc2c63)c54)c1. The lowest BCUT2D eigenvalue weighted by Gasteiger charge is -2.33. The van der Waals surface area contributed by atoms with E-state index in [2.05, 4.69) is 72.9 Å². The molecular weight excluding hydrogens is 558 g/mol. The lowest BCUT2D eigenvalue weighted by atomic mass is 9.76. The molecule has 224 valence electrons. The van der Waals surface area contributed by atoms with Gasteiger partial charge in [0.05, 0.1) is 14.2 Å². The standard InChI is InChI=1S/C40H35NO4/c1-4-5-22-41-39(42)26-12-6-13-27(23-26)40(43,35-20-18-28(44-2)24-36(35)45-3)34-21-19-32-30-15-8-11-25-10-7-14-29(37(25)30)31-16-9-17-33(34)38(31)32/h6-21,23-24,43H,4-5,22H2,1-3H3,(H,41,42). The predicted molar refractivity (Wildman–Crippen MR) is 183 cm³/mol. The van der Waals surface area contributed by atoms with Crippen molar-refractivity contribution in [2.45, 2.75) is 25.4 Å². The van der Waals surface area contributed by atoms with Crippen molar-refractivity contribution in [3.8, 4) is 11.5 Å². The summed E-state index contributed by atoms with van der Waals surface area (Å²) >= 11 is 0. The molecule has 0 aliphatic heterocycles. The smallest absolute Gasteiger partial charge is 0.251 e. The molecule has 0 radical (unpaired) electrons. The minimum absolute atomic E-state index is 0.170. The van der Waals surface area contributed by atoms with Crippen molar-refractivity contribution in [3.05, 3.63) is 131 Å². The molecule has 2 N–H and O–H groups in total. The fourth-order valence-corrected chi connectivity index (χ4v) is 6.88. The molecule has 0 aliphatic carbocycles. The predicted octanol–water partition coefficient (Wildman–Crippen LogP) is 8.57. The van der Waals surface area contributed by atoms with Gasteiger partial charge in [-0.25, -0.2) is 0 Å². The Morgan fingerprint density at radius 1 is 0.711 bits per heavy atom. The summed E-state index contributed by atoms with van der Waals surface area (Å²) in [6.07, 6.45) is 1.89. The molecule has 0 bridgehead atoms. The Bertz CT molecular complexity index is 2150. The molecule has 0 fully saturated rings. The van der Waals surface area contributed by atoms with Crippen molar-refractivity contribution >= 4 is 49.0 Å². The van der Waals surface area contributed by atoms with E-state index in [4.69, 9.17) is 9.47 Å². The van der Waals surface area contributed by atoms with Crippen LogP contribution in [0.1, 0.15) is 46.8 Å². The van der Waals surface area contributed by atoms with Crippen molar-refractivity contribution in [3.63, 3.8) is 0 Å². The number of carbonyl (C=O) groups excluding carboxylic acids is 1. The van der Waals surface area contributed by atoms with Crippen LogP contribution < -0.4 is 14.8 Å². The summed E-state index contributed by atoms with van der Waals surface area (Å²) in [5.74, 6) is 0.921. The van der Waals surface area contributed by atoms with Gasteiger partial charge in [-0.1, -0.05) is 92.2 Å². The fraction of sp³-hybridized carbons (Fsp3) is 0.175. The van der Waals surface area contributed by atoms with Crippen molar-refractivity contribution in [1.82, 2.24) is 5.32 Å². The Labute approximate surface area is 262 Å². The van der Waals surface area contributed by atoms with Crippen LogP contribution in [-0.4, -0.2) is 31.8 Å². The van der Waals surface area contributed by atoms with Gasteiger partial charge in [-0.15, -0.1) is 0 Å². The molecule has 7 aromatic carbocycles. The van der Waals surface area contributed by atoms with Gasteiger partial charge in [0, 0.05) is 29.3 Å². The third kappa shape index (κ3) is 4.54. The molecule has 5 heteroatoms. The molecular formula is C40H35NO4. The van der Waals surface area contributed by atoms with Crippen LogP contribution in [0.3, 0.4) is 0 Å². The van der Waals surface area contributed by atoms with Crippen molar-refractivity contribution in [1.29, 1.82) is 0 Å². The number of nitrogens with one attached hydrogen (secondary N) is 1. The highest BCUT2D eigenvalue weighted by Gasteiger charge is 2.39. The van der Waals surface area contributed by atoms with Gasteiger partial charge in [-0.3, -0.25) is 4.79 Å². The third-order valence-corrected chi connectivity index (χ3v) is 9.07. The van der Waals surface area contributed by atoms with Crippen molar-refractivity contribution < 1.29 is 19.4 Å². The van der Waals surface area contributed by atoms with E-state index in [1.165, 1.54) is 21.5 Å². The molecule has 0 saturated heterocycles. The number of ether oxygens (including phenoxy) is 2. The lowest BCUT2D eigenvalue weighted by molar-refractivity contribution is 0.0952. The van der Waals surface area contributed by atoms with Gasteiger partial charge in [0.15, 0.2) is 0 Å². The van der Waals surface area contributed by atoms with Gasteiger partial charge in [0.1, 0.15) is 17.1 Å². The molecule has 0 saturated carbocycles. The highest BCUT2D eigenvalue weighted by Crippen LogP contribution is 2.48. The molecule has 1 amide bonds. The van der Waals surface area contributed by atoms with Gasteiger partial charge in [0.2, 0.25) is 0 Å². The maximum absolute atomic E-state index is 13.3. The summed E-state index contributed by atoms with van der Waals surface area (Å²) < 4.78 is 11.4. The highest BCUT2D eigenvalue weighted by molar-refractivity contribution is 6.33. The average Bonchev–Trinajstić information content (AvgIpc) is 3.09. The number of rotatable bonds is 9. The summed E-state index contributed by atoms with van der Waals surface area (Å²) in [4.78, 5) is 13.2. The van der Waals surface area contributed by atoms with E-state index in [9.17, 15) is 9.90 Å². The first-order valence-corrected chi connectivity index (χ1v) is 15.4.